The van der Waals surface area contributed by atoms with E-state index in [1.54, 1.807) is 0 Å². The number of benzene rings is 2. The van der Waals surface area contributed by atoms with Crippen LogP contribution in [0.4, 0.5) is 5.69 Å². The van der Waals surface area contributed by atoms with Gasteiger partial charge in [-0.3, -0.25) is 4.90 Å². The summed E-state index contributed by atoms with van der Waals surface area (Å²) in [4.78, 5) is 2.46. The van der Waals surface area contributed by atoms with Crippen molar-refractivity contribution in [2.75, 3.05) is 18.9 Å². The van der Waals surface area contributed by atoms with Gasteiger partial charge < -0.3 is 5.32 Å². The Morgan fingerprint density at radius 1 is 1.14 bits per heavy atom. The number of hydrogen-bond acceptors (Lipinski definition) is 2. The molecule has 3 rings (SSSR count). The summed E-state index contributed by atoms with van der Waals surface area (Å²) >= 11 is 3.65. The Hall–Kier alpha value is -1.32. The van der Waals surface area contributed by atoms with Crippen LogP contribution >= 0.6 is 15.9 Å². The van der Waals surface area contributed by atoms with E-state index in [4.69, 9.17) is 0 Å². The van der Waals surface area contributed by atoms with E-state index < -0.39 is 0 Å². The van der Waals surface area contributed by atoms with Crippen molar-refractivity contribution in [2.45, 2.75) is 25.4 Å². The second-order valence-electron chi connectivity index (χ2n) is 5.74. The third-order valence-electron chi connectivity index (χ3n) is 4.29. The zero-order chi connectivity index (χ0) is 14.7. The maximum Gasteiger partial charge on any atom is 0.0373 e. The Labute approximate surface area is 135 Å². The summed E-state index contributed by atoms with van der Waals surface area (Å²) in [5.41, 5.74) is 4.09. The van der Waals surface area contributed by atoms with Crippen LogP contribution in [-0.4, -0.2) is 24.5 Å². The summed E-state index contributed by atoms with van der Waals surface area (Å²) in [6, 6.07) is 17.7. The highest BCUT2D eigenvalue weighted by molar-refractivity contribution is 9.10. The van der Waals surface area contributed by atoms with E-state index in [1.807, 2.05) is 0 Å². The molecule has 0 amide bonds. The number of nitrogens with one attached hydrogen (secondary N) is 1. The van der Waals surface area contributed by atoms with Gasteiger partial charge in [0.1, 0.15) is 0 Å². The summed E-state index contributed by atoms with van der Waals surface area (Å²) in [5.74, 6) is 0. The molecule has 0 radical (unpaired) electrons. The summed E-state index contributed by atoms with van der Waals surface area (Å²) in [6.45, 7) is 1.99. The summed E-state index contributed by atoms with van der Waals surface area (Å²) < 4.78 is 1.20. The van der Waals surface area contributed by atoms with Crippen LogP contribution in [0.25, 0.3) is 0 Å². The highest BCUT2D eigenvalue weighted by Gasteiger charge is 2.19. The second-order valence-corrected chi connectivity index (χ2v) is 6.59. The Kier molecular flexibility index (Phi) is 4.61. The van der Waals surface area contributed by atoms with E-state index in [0.29, 0.717) is 6.04 Å². The molecule has 2 aromatic rings. The molecule has 0 aliphatic carbocycles. The van der Waals surface area contributed by atoms with Gasteiger partial charge in [0.2, 0.25) is 0 Å². The maximum absolute atomic E-state index is 3.65. The van der Waals surface area contributed by atoms with Crippen molar-refractivity contribution in [2.24, 2.45) is 0 Å². The molecule has 2 nitrogen and oxygen atoms in total. The van der Waals surface area contributed by atoms with Crippen LogP contribution in [0.2, 0.25) is 0 Å². The van der Waals surface area contributed by atoms with Gasteiger partial charge in [-0.05, 0) is 43.1 Å². The number of anilines is 1. The average molecular weight is 345 g/mol. The van der Waals surface area contributed by atoms with Gasteiger partial charge in [0.15, 0.2) is 0 Å². The predicted octanol–water partition coefficient (Wildman–Crippen LogP) is 4.31. The maximum atomic E-state index is 3.65. The van der Waals surface area contributed by atoms with Crippen LogP contribution in [-0.2, 0) is 13.0 Å². The summed E-state index contributed by atoms with van der Waals surface area (Å²) in [6.07, 6.45) is 2.35. The molecule has 0 fully saturated rings. The fourth-order valence-corrected chi connectivity index (χ4v) is 3.37. The van der Waals surface area contributed by atoms with Gasteiger partial charge in [-0.25, -0.2) is 0 Å². The first-order valence-corrected chi connectivity index (χ1v) is 8.29. The molecular formula is C18H21BrN2. The van der Waals surface area contributed by atoms with Crippen LogP contribution in [0.5, 0.6) is 0 Å². The molecule has 2 aromatic carbocycles. The van der Waals surface area contributed by atoms with Gasteiger partial charge in [0.25, 0.3) is 0 Å². The number of para-hydroxylation sites is 1. The minimum Gasteiger partial charge on any atom is -0.383 e. The minimum absolute atomic E-state index is 0.560. The zero-order valence-electron chi connectivity index (χ0n) is 12.3. The molecule has 0 aromatic heterocycles. The lowest BCUT2D eigenvalue weighted by Gasteiger charge is -2.27. The highest BCUT2D eigenvalue weighted by Crippen LogP contribution is 2.24. The van der Waals surface area contributed by atoms with Gasteiger partial charge in [-0.2, -0.15) is 0 Å². The molecule has 0 spiro atoms. The number of rotatable bonds is 3. The molecule has 1 aliphatic heterocycles. The first-order chi connectivity index (χ1) is 10.2. The van der Waals surface area contributed by atoms with Crippen molar-refractivity contribution in [1.82, 2.24) is 4.90 Å². The van der Waals surface area contributed by atoms with E-state index >= 15 is 0 Å². The van der Waals surface area contributed by atoms with E-state index in [9.17, 15) is 0 Å². The molecule has 1 unspecified atom stereocenters. The lowest BCUT2D eigenvalue weighted by Crippen LogP contribution is -2.36. The van der Waals surface area contributed by atoms with Crippen molar-refractivity contribution in [3.63, 3.8) is 0 Å². The lowest BCUT2D eigenvalue weighted by atomic mass is 10.1. The largest absolute Gasteiger partial charge is 0.383 e. The Morgan fingerprint density at radius 3 is 2.76 bits per heavy atom. The fraction of sp³-hybridized carbons (Fsp3) is 0.333. The third-order valence-corrected chi connectivity index (χ3v) is 5.07. The van der Waals surface area contributed by atoms with E-state index in [1.165, 1.54) is 27.7 Å². The quantitative estimate of drug-likeness (QED) is 0.892. The summed E-state index contributed by atoms with van der Waals surface area (Å²) in [5, 5.41) is 3.60. The van der Waals surface area contributed by atoms with Crippen molar-refractivity contribution in [3.05, 3.63) is 64.1 Å². The Balaban J connectivity index is 1.67. The number of likely N-dealkylation sites (N-methyl/N-ethyl adjacent to an activating group) is 1. The van der Waals surface area contributed by atoms with Crippen molar-refractivity contribution in [1.29, 1.82) is 0 Å². The van der Waals surface area contributed by atoms with E-state index in [-0.39, 0.29) is 0 Å². The molecular weight excluding hydrogens is 324 g/mol. The van der Waals surface area contributed by atoms with E-state index in [0.717, 1.165) is 19.5 Å². The molecule has 1 N–H and O–H groups in total. The molecule has 1 heterocycles. The second kappa shape index (κ2) is 6.63. The molecule has 1 aliphatic rings. The molecule has 0 bridgehead atoms. The first kappa shape index (κ1) is 14.6. The molecule has 0 saturated heterocycles. The molecule has 110 valence electrons. The topological polar surface area (TPSA) is 15.3 Å². The molecule has 1 atom stereocenters. The zero-order valence-corrected chi connectivity index (χ0v) is 13.9. The number of nitrogens with zero attached hydrogens (tertiary/aromatic N) is 1. The highest BCUT2D eigenvalue weighted by atomic mass is 79.9. The normalized spacial score (nSPS) is 18.0. The number of halogens is 1. The minimum atomic E-state index is 0.560. The number of fused-ring (bicyclic) bond motifs is 1. The standard InChI is InChI=1S/C18H21BrN2/c1-21(13-15-7-2-4-8-17(15)19)16-11-10-14-6-3-5-9-18(14)20-12-16/h2-9,16,20H,10-13H2,1H3. The van der Waals surface area contributed by atoms with Crippen LogP contribution in [0.1, 0.15) is 17.5 Å². The van der Waals surface area contributed by atoms with Gasteiger partial charge in [-0.15, -0.1) is 0 Å². The Bertz CT molecular complexity index is 585. The third kappa shape index (κ3) is 3.47. The number of aryl methyl sites for hydroxylation is 1. The summed E-state index contributed by atoms with van der Waals surface area (Å²) in [7, 11) is 2.22. The molecule has 3 heteroatoms. The predicted molar refractivity (Wildman–Crippen MR) is 92.6 cm³/mol. The van der Waals surface area contributed by atoms with E-state index in [2.05, 4.69) is 81.7 Å². The van der Waals surface area contributed by atoms with Gasteiger partial charge in [0, 0.05) is 29.3 Å². The smallest absolute Gasteiger partial charge is 0.0373 e. The van der Waals surface area contributed by atoms with Gasteiger partial charge >= 0.3 is 0 Å². The molecule has 0 saturated carbocycles. The van der Waals surface area contributed by atoms with Gasteiger partial charge in [-0.1, -0.05) is 52.3 Å². The van der Waals surface area contributed by atoms with Crippen LogP contribution in [0.3, 0.4) is 0 Å². The fourth-order valence-electron chi connectivity index (χ4n) is 2.96. The average Bonchev–Trinajstić information content (AvgIpc) is 2.72. The first-order valence-electron chi connectivity index (χ1n) is 7.49. The van der Waals surface area contributed by atoms with Crippen molar-refractivity contribution >= 4 is 21.6 Å². The molecule has 21 heavy (non-hydrogen) atoms. The lowest BCUT2D eigenvalue weighted by molar-refractivity contribution is 0.233. The SMILES string of the molecule is CN(Cc1ccccc1Br)C1CCc2ccccc2NC1. The van der Waals surface area contributed by atoms with Crippen LogP contribution in [0.15, 0.2) is 53.0 Å². The van der Waals surface area contributed by atoms with Crippen molar-refractivity contribution < 1.29 is 0 Å². The Morgan fingerprint density at radius 2 is 1.90 bits per heavy atom. The van der Waals surface area contributed by atoms with Crippen LogP contribution in [0, 0.1) is 0 Å². The van der Waals surface area contributed by atoms with Gasteiger partial charge in [0.05, 0.1) is 0 Å². The monoisotopic (exact) mass is 344 g/mol. The number of hydrogen-bond donors (Lipinski definition) is 1. The van der Waals surface area contributed by atoms with Crippen LogP contribution < -0.4 is 5.32 Å². The van der Waals surface area contributed by atoms with Crippen molar-refractivity contribution in [3.8, 4) is 0 Å².